The highest BCUT2D eigenvalue weighted by atomic mass is 19.4. The van der Waals surface area contributed by atoms with Crippen molar-refractivity contribution in [2.75, 3.05) is 43.4 Å². The van der Waals surface area contributed by atoms with Gasteiger partial charge in [-0.05, 0) is 49.2 Å². The van der Waals surface area contributed by atoms with E-state index in [0.29, 0.717) is 29.8 Å². The summed E-state index contributed by atoms with van der Waals surface area (Å²) in [5.74, 6) is -1.32. The molecule has 190 valence electrons. The molecule has 2 aromatic heterocycles. The number of anilines is 3. The van der Waals surface area contributed by atoms with Crippen molar-refractivity contribution in [3.8, 4) is 17.1 Å². The molecule has 0 saturated carbocycles. The van der Waals surface area contributed by atoms with Gasteiger partial charge < -0.3 is 29.5 Å². The van der Waals surface area contributed by atoms with Gasteiger partial charge in [0.2, 0.25) is 5.95 Å². The number of fused-ring (bicyclic) bond motifs is 3. The zero-order valence-electron chi connectivity index (χ0n) is 19.8. The molecule has 12 heteroatoms. The molecule has 3 aromatic rings. The number of rotatable bonds is 5. The van der Waals surface area contributed by atoms with Gasteiger partial charge in [-0.3, -0.25) is 0 Å². The summed E-state index contributed by atoms with van der Waals surface area (Å²) in [4.78, 5) is 24.8. The van der Waals surface area contributed by atoms with E-state index in [1.54, 1.807) is 36.1 Å². The highest BCUT2D eigenvalue weighted by Gasteiger charge is 2.33. The Morgan fingerprint density at radius 2 is 1.89 bits per heavy atom. The van der Waals surface area contributed by atoms with Gasteiger partial charge in [-0.1, -0.05) is 0 Å². The molecular weight excluding hydrogens is 477 g/mol. The Morgan fingerprint density at radius 1 is 1.14 bits per heavy atom. The lowest BCUT2D eigenvalue weighted by molar-refractivity contribution is -0.274. The van der Waals surface area contributed by atoms with Crippen LogP contribution in [0.3, 0.4) is 0 Å². The molecular formula is C24H25F3N6O3. The summed E-state index contributed by atoms with van der Waals surface area (Å²) in [6.45, 7) is 3.17. The number of nitrogens with zero attached hydrogens (tertiary/aromatic N) is 5. The minimum atomic E-state index is -4.87. The highest BCUT2D eigenvalue weighted by molar-refractivity contribution is 5.92. The average molecular weight is 502 g/mol. The summed E-state index contributed by atoms with van der Waals surface area (Å²) < 4.78 is 45.3. The molecule has 9 nitrogen and oxygen atoms in total. The Bertz CT molecular complexity index is 1320. The molecule has 3 heterocycles. The summed E-state index contributed by atoms with van der Waals surface area (Å²) in [6.07, 6.45) is -0.596. The lowest BCUT2D eigenvalue weighted by atomic mass is 9.93. The number of aromatic nitrogens is 3. The Morgan fingerprint density at radius 3 is 2.58 bits per heavy atom. The van der Waals surface area contributed by atoms with Crippen molar-refractivity contribution in [3.05, 3.63) is 47.3 Å². The van der Waals surface area contributed by atoms with E-state index in [9.17, 15) is 23.1 Å². The van der Waals surface area contributed by atoms with Crippen LogP contribution < -0.4 is 15.0 Å². The largest absolute Gasteiger partial charge is 0.573 e. The van der Waals surface area contributed by atoms with Gasteiger partial charge in [0.1, 0.15) is 0 Å². The Balaban J connectivity index is 1.51. The number of nitrogens with one attached hydrogen (secondary N) is 1. The van der Waals surface area contributed by atoms with Crippen LogP contribution in [0.2, 0.25) is 0 Å². The quantitative estimate of drug-likeness (QED) is 0.546. The molecule has 1 saturated heterocycles. The normalized spacial score (nSPS) is 15.9. The molecule has 1 aromatic carbocycles. The number of carbonyl (C=O) groups is 1. The van der Waals surface area contributed by atoms with Gasteiger partial charge in [-0.2, -0.15) is 0 Å². The number of ether oxygens (including phenoxy) is 1. The van der Waals surface area contributed by atoms with Crippen LogP contribution in [-0.4, -0.2) is 70.1 Å². The third-order valence-corrected chi connectivity index (χ3v) is 6.55. The van der Waals surface area contributed by atoms with Crippen molar-refractivity contribution in [3.63, 3.8) is 0 Å². The van der Waals surface area contributed by atoms with Crippen molar-refractivity contribution in [1.82, 2.24) is 19.4 Å². The van der Waals surface area contributed by atoms with Crippen LogP contribution in [0.15, 0.2) is 30.6 Å². The third kappa shape index (κ3) is 4.68. The van der Waals surface area contributed by atoms with Gasteiger partial charge >= 0.3 is 12.3 Å². The maximum atomic E-state index is 13.1. The zero-order valence-corrected chi connectivity index (χ0v) is 19.8. The van der Waals surface area contributed by atoms with E-state index in [-0.39, 0.29) is 17.2 Å². The van der Waals surface area contributed by atoms with Crippen LogP contribution in [0.5, 0.6) is 5.75 Å². The number of hydrogen-bond donors (Lipinski definition) is 2. The summed E-state index contributed by atoms with van der Waals surface area (Å²) in [5, 5.41) is 12.5. The Hall–Kier alpha value is -3.80. The second kappa shape index (κ2) is 9.01. The molecule has 2 aliphatic rings. The first kappa shape index (κ1) is 23.9. The van der Waals surface area contributed by atoms with E-state index < -0.39 is 18.1 Å². The molecule has 0 atom stereocenters. The molecule has 0 amide bonds. The number of likely N-dealkylation sites (N-methyl/N-ethyl adjacent to an activating group) is 1. The molecule has 0 radical (unpaired) electrons. The molecule has 1 fully saturated rings. The molecule has 2 N–H and O–H groups in total. The second-order valence-electron chi connectivity index (χ2n) is 9.00. The predicted octanol–water partition coefficient (Wildman–Crippen LogP) is 3.67. The first-order valence-corrected chi connectivity index (χ1v) is 11.5. The fourth-order valence-electron chi connectivity index (χ4n) is 4.75. The van der Waals surface area contributed by atoms with Crippen molar-refractivity contribution in [2.45, 2.75) is 19.2 Å². The maximum absolute atomic E-state index is 13.1. The highest BCUT2D eigenvalue weighted by Crippen LogP contribution is 2.38. The lowest BCUT2D eigenvalue weighted by Gasteiger charge is -2.34. The van der Waals surface area contributed by atoms with E-state index in [1.165, 1.54) is 6.07 Å². The summed E-state index contributed by atoms with van der Waals surface area (Å²) >= 11 is 0. The van der Waals surface area contributed by atoms with Gasteiger partial charge in [0.05, 0.1) is 22.6 Å². The standard InChI is InChI=1S/C24H25F3N6O3/c1-31-7-9-33(10-8-31)15-4-6-19(36-24(25,26)27)18(11-15)29-23-28-12-14-3-5-16-17(22(34)35)13-32(2)21(16)20(14)30-23/h4,6,11-13H,3,5,7-10H2,1-2H3,(H,34,35)(H,28,29,30). The third-order valence-electron chi connectivity index (χ3n) is 6.55. The molecule has 1 aliphatic heterocycles. The van der Waals surface area contributed by atoms with Gasteiger partial charge in [-0.15, -0.1) is 13.2 Å². The van der Waals surface area contributed by atoms with E-state index in [1.807, 2.05) is 7.05 Å². The number of carboxylic acids is 1. The molecule has 0 unspecified atom stereocenters. The fraction of sp³-hybridized carbons (Fsp3) is 0.375. The van der Waals surface area contributed by atoms with Crippen molar-refractivity contribution in [2.24, 2.45) is 7.05 Å². The smallest absolute Gasteiger partial charge is 0.478 e. The van der Waals surface area contributed by atoms with Gasteiger partial charge in [0.25, 0.3) is 0 Å². The van der Waals surface area contributed by atoms with Crippen molar-refractivity contribution in [1.29, 1.82) is 0 Å². The van der Waals surface area contributed by atoms with Gasteiger partial charge in [0, 0.05) is 51.3 Å². The first-order chi connectivity index (χ1) is 17.1. The number of alkyl halides is 3. The van der Waals surface area contributed by atoms with Crippen LogP contribution in [0.4, 0.5) is 30.5 Å². The predicted molar refractivity (Wildman–Crippen MR) is 127 cm³/mol. The Kier molecular flexibility index (Phi) is 5.99. The molecule has 5 rings (SSSR count). The van der Waals surface area contributed by atoms with Crippen molar-refractivity contribution < 1.29 is 27.8 Å². The number of aromatic carboxylic acids is 1. The van der Waals surface area contributed by atoms with E-state index in [0.717, 1.165) is 37.4 Å². The summed E-state index contributed by atoms with van der Waals surface area (Å²) in [5.41, 5.74) is 3.79. The number of hydrogen-bond acceptors (Lipinski definition) is 7. The number of piperazine rings is 1. The van der Waals surface area contributed by atoms with Gasteiger partial charge in [0.15, 0.2) is 5.75 Å². The Labute approximate surface area is 205 Å². The molecule has 1 aliphatic carbocycles. The van der Waals surface area contributed by atoms with E-state index >= 15 is 0 Å². The zero-order chi connectivity index (χ0) is 25.6. The SMILES string of the molecule is CN1CCN(c2ccc(OC(F)(F)F)c(Nc3ncc4c(n3)-c3c(c(C(=O)O)cn3C)CC4)c2)CC1. The van der Waals surface area contributed by atoms with E-state index in [4.69, 9.17) is 0 Å². The van der Waals surface area contributed by atoms with Crippen LogP contribution in [-0.2, 0) is 19.9 Å². The van der Waals surface area contributed by atoms with Crippen LogP contribution >= 0.6 is 0 Å². The number of aryl methyl sites for hydroxylation is 2. The summed E-state index contributed by atoms with van der Waals surface area (Å²) in [6, 6.07) is 4.50. The molecule has 36 heavy (non-hydrogen) atoms. The van der Waals surface area contributed by atoms with E-state index in [2.05, 4.69) is 29.8 Å². The fourth-order valence-corrected chi connectivity index (χ4v) is 4.75. The van der Waals surface area contributed by atoms with Crippen LogP contribution in [0.1, 0.15) is 21.5 Å². The first-order valence-electron chi connectivity index (χ1n) is 11.5. The topological polar surface area (TPSA) is 95.8 Å². The minimum Gasteiger partial charge on any atom is -0.478 e. The number of carboxylic acid groups (broad SMARTS) is 1. The summed E-state index contributed by atoms with van der Waals surface area (Å²) in [7, 11) is 3.76. The second-order valence-corrected chi connectivity index (χ2v) is 9.00. The van der Waals surface area contributed by atoms with Crippen molar-refractivity contribution >= 4 is 23.3 Å². The van der Waals surface area contributed by atoms with Crippen LogP contribution in [0, 0.1) is 0 Å². The van der Waals surface area contributed by atoms with Crippen LogP contribution in [0.25, 0.3) is 11.4 Å². The molecule has 0 bridgehead atoms. The molecule has 0 spiro atoms. The van der Waals surface area contributed by atoms with Gasteiger partial charge in [-0.25, -0.2) is 14.8 Å². The number of halogens is 3. The lowest BCUT2D eigenvalue weighted by Crippen LogP contribution is -2.44. The maximum Gasteiger partial charge on any atom is 0.573 e. The monoisotopic (exact) mass is 502 g/mol. The minimum absolute atomic E-state index is 0.0813. The number of benzene rings is 1. The average Bonchev–Trinajstić information content (AvgIpc) is 3.17.